The maximum atomic E-state index is 12.6. The highest BCUT2D eigenvalue weighted by molar-refractivity contribution is 5.54. The Kier molecular flexibility index (Phi) is 2.45. The van der Waals surface area contributed by atoms with Crippen LogP contribution in [0.3, 0.4) is 0 Å². The van der Waals surface area contributed by atoms with Crippen molar-refractivity contribution < 1.29 is 13.2 Å². The average Bonchev–Trinajstić information content (AvgIpc) is 2.63. The second kappa shape index (κ2) is 3.69. The van der Waals surface area contributed by atoms with Crippen LogP contribution in [-0.4, -0.2) is 9.55 Å². The molecule has 2 rings (SSSR count). The molecule has 0 aliphatic rings. The normalized spacial score (nSPS) is 11.7. The second-order valence-electron chi connectivity index (χ2n) is 3.40. The second-order valence-corrected chi connectivity index (χ2v) is 3.40. The molecular formula is C10H8F3N3O. The van der Waals surface area contributed by atoms with Crippen molar-refractivity contribution in [3.63, 3.8) is 0 Å². The lowest BCUT2D eigenvalue weighted by molar-refractivity contribution is -0.136. The lowest BCUT2D eigenvalue weighted by Crippen LogP contribution is -2.16. The molecule has 0 amide bonds. The van der Waals surface area contributed by atoms with Gasteiger partial charge in [-0.1, -0.05) is 0 Å². The van der Waals surface area contributed by atoms with Gasteiger partial charge in [0.25, 0.3) is 0 Å². The van der Waals surface area contributed by atoms with Crippen LogP contribution in [0.25, 0.3) is 5.69 Å². The molecule has 0 atom stereocenters. The number of nitrogens with two attached hydrogens (primary N) is 1. The van der Waals surface area contributed by atoms with Crippen LogP contribution in [0.15, 0.2) is 35.4 Å². The van der Waals surface area contributed by atoms with E-state index in [0.717, 1.165) is 16.7 Å². The first-order valence-corrected chi connectivity index (χ1v) is 4.63. The number of hydrogen-bond acceptors (Lipinski definition) is 2. The highest BCUT2D eigenvalue weighted by Crippen LogP contribution is 2.34. The number of rotatable bonds is 1. The molecule has 0 saturated heterocycles. The van der Waals surface area contributed by atoms with Crippen molar-refractivity contribution in [2.75, 3.05) is 5.73 Å². The minimum Gasteiger partial charge on any atom is -0.398 e. The maximum Gasteiger partial charge on any atom is 0.418 e. The molecule has 0 aliphatic carbocycles. The zero-order valence-electron chi connectivity index (χ0n) is 8.45. The summed E-state index contributed by atoms with van der Waals surface area (Å²) >= 11 is 0. The van der Waals surface area contributed by atoms with Crippen molar-refractivity contribution in [1.82, 2.24) is 9.55 Å². The molecule has 17 heavy (non-hydrogen) atoms. The molecule has 2 aromatic rings. The Balaban J connectivity index is 2.60. The number of halogens is 3. The van der Waals surface area contributed by atoms with Gasteiger partial charge in [-0.25, -0.2) is 4.79 Å². The number of alkyl halides is 3. The van der Waals surface area contributed by atoms with E-state index in [0.29, 0.717) is 0 Å². The van der Waals surface area contributed by atoms with Crippen LogP contribution in [0.1, 0.15) is 5.56 Å². The van der Waals surface area contributed by atoms with Gasteiger partial charge in [0.15, 0.2) is 0 Å². The van der Waals surface area contributed by atoms with Crippen LogP contribution in [0.4, 0.5) is 18.9 Å². The van der Waals surface area contributed by atoms with Gasteiger partial charge in [0.05, 0.1) is 11.3 Å². The quantitative estimate of drug-likeness (QED) is 0.749. The summed E-state index contributed by atoms with van der Waals surface area (Å²) in [5.74, 6) is 0. The molecule has 0 bridgehead atoms. The highest BCUT2D eigenvalue weighted by atomic mass is 19.4. The average molecular weight is 243 g/mol. The Morgan fingerprint density at radius 3 is 2.53 bits per heavy atom. The van der Waals surface area contributed by atoms with Crippen LogP contribution >= 0.6 is 0 Å². The van der Waals surface area contributed by atoms with E-state index in [1.165, 1.54) is 18.5 Å². The minimum absolute atomic E-state index is 0.109. The van der Waals surface area contributed by atoms with Crippen molar-refractivity contribution >= 4 is 5.69 Å². The summed E-state index contributed by atoms with van der Waals surface area (Å²) < 4.78 is 38.9. The summed E-state index contributed by atoms with van der Waals surface area (Å²) in [6.45, 7) is 0. The fourth-order valence-electron chi connectivity index (χ4n) is 1.46. The van der Waals surface area contributed by atoms with Crippen molar-refractivity contribution in [2.24, 2.45) is 0 Å². The van der Waals surface area contributed by atoms with Crippen LogP contribution in [-0.2, 0) is 6.18 Å². The number of hydrogen-bond donors (Lipinski definition) is 2. The smallest absolute Gasteiger partial charge is 0.398 e. The molecule has 1 aromatic heterocycles. The minimum atomic E-state index is -4.54. The molecule has 1 heterocycles. The Bertz CT molecular complexity index is 597. The fourth-order valence-corrected chi connectivity index (χ4v) is 1.46. The van der Waals surface area contributed by atoms with Gasteiger partial charge in [0.2, 0.25) is 0 Å². The molecule has 7 heteroatoms. The SMILES string of the molecule is Nc1ccc(-n2cc[nH]c2=O)cc1C(F)(F)F. The van der Waals surface area contributed by atoms with Crippen LogP contribution in [0.2, 0.25) is 0 Å². The lowest BCUT2D eigenvalue weighted by atomic mass is 10.1. The first-order valence-electron chi connectivity index (χ1n) is 4.63. The molecule has 0 saturated carbocycles. The summed E-state index contributed by atoms with van der Waals surface area (Å²) in [6, 6.07) is 3.31. The first-order chi connectivity index (χ1) is 7.89. The number of nitrogen functional groups attached to an aromatic ring is 1. The van der Waals surface area contributed by atoms with E-state index in [-0.39, 0.29) is 11.4 Å². The number of anilines is 1. The number of imidazole rings is 1. The lowest BCUT2D eigenvalue weighted by Gasteiger charge is -2.11. The standard InChI is InChI=1S/C10H8F3N3O/c11-10(12,13)7-5-6(1-2-8(7)14)16-4-3-15-9(16)17/h1-5H,14H2,(H,15,17). The topological polar surface area (TPSA) is 63.8 Å². The molecule has 0 unspecified atom stereocenters. The van der Waals surface area contributed by atoms with Crippen molar-refractivity contribution in [3.8, 4) is 5.69 Å². The van der Waals surface area contributed by atoms with Crippen molar-refractivity contribution in [3.05, 3.63) is 46.6 Å². The molecule has 0 aliphatic heterocycles. The van der Waals surface area contributed by atoms with Gasteiger partial charge >= 0.3 is 11.9 Å². The zero-order chi connectivity index (χ0) is 12.6. The van der Waals surface area contributed by atoms with Crippen LogP contribution < -0.4 is 11.4 Å². The van der Waals surface area contributed by atoms with Crippen molar-refractivity contribution in [1.29, 1.82) is 0 Å². The number of nitrogens with zero attached hydrogens (tertiary/aromatic N) is 1. The maximum absolute atomic E-state index is 12.6. The molecule has 0 radical (unpaired) electrons. The van der Waals surface area contributed by atoms with Gasteiger partial charge in [-0.15, -0.1) is 0 Å². The predicted octanol–water partition coefficient (Wildman–Crippen LogP) is 1.77. The predicted molar refractivity (Wildman–Crippen MR) is 55.8 cm³/mol. The third kappa shape index (κ3) is 2.03. The van der Waals surface area contributed by atoms with E-state index in [2.05, 4.69) is 4.98 Å². The van der Waals surface area contributed by atoms with E-state index in [1.807, 2.05) is 0 Å². The summed E-state index contributed by atoms with van der Waals surface area (Å²) in [6.07, 6.45) is -1.86. The Morgan fingerprint density at radius 1 is 1.29 bits per heavy atom. The summed E-state index contributed by atoms with van der Waals surface area (Å²) in [4.78, 5) is 13.6. The van der Waals surface area contributed by atoms with Gasteiger partial charge in [0.1, 0.15) is 0 Å². The van der Waals surface area contributed by atoms with Crippen molar-refractivity contribution in [2.45, 2.75) is 6.18 Å². The summed E-state index contributed by atoms with van der Waals surface area (Å²) in [5, 5.41) is 0. The molecule has 1 aromatic carbocycles. The Morgan fingerprint density at radius 2 is 2.00 bits per heavy atom. The summed E-state index contributed by atoms with van der Waals surface area (Å²) in [5.41, 5.74) is 3.52. The number of benzene rings is 1. The van der Waals surface area contributed by atoms with Gasteiger partial charge < -0.3 is 10.7 Å². The zero-order valence-corrected chi connectivity index (χ0v) is 8.45. The Hall–Kier alpha value is -2.18. The largest absolute Gasteiger partial charge is 0.418 e. The first kappa shape index (κ1) is 11.3. The third-order valence-electron chi connectivity index (χ3n) is 2.27. The van der Waals surface area contributed by atoms with E-state index < -0.39 is 17.4 Å². The van der Waals surface area contributed by atoms with Gasteiger partial charge in [-0.2, -0.15) is 13.2 Å². The monoisotopic (exact) mass is 243 g/mol. The van der Waals surface area contributed by atoms with Crippen LogP contribution in [0.5, 0.6) is 0 Å². The molecule has 0 fully saturated rings. The number of H-pyrrole nitrogens is 1. The van der Waals surface area contributed by atoms with E-state index >= 15 is 0 Å². The number of aromatic nitrogens is 2. The van der Waals surface area contributed by atoms with Crippen LogP contribution in [0, 0.1) is 0 Å². The summed E-state index contributed by atoms with van der Waals surface area (Å²) in [7, 11) is 0. The third-order valence-corrected chi connectivity index (χ3v) is 2.27. The molecule has 4 nitrogen and oxygen atoms in total. The molecule has 0 spiro atoms. The molecular weight excluding hydrogens is 235 g/mol. The van der Waals surface area contributed by atoms with Gasteiger partial charge in [-0.3, -0.25) is 4.57 Å². The molecule has 90 valence electrons. The fraction of sp³-hybridized carbons (Fsp3) is 0.100. The van der Waals surface area contributed by atoms with E-state index in [1.54, 1.807) is 0 Å². The number of nitrogens with one attached hydrogen (secondary N) is 1. The molecule has 3 N–H and O–H groups in total. The highest BCUT2D eigenvalue weighted by Gasteiger charge is 2.33. The van der Waals surface area contributed by atoms with Gasteiger partial charge in [-0.05, 0) is 18.2 Å². The Labute approximate surface area is 93.5 Å². The van der Waals surface area contributed by atoms with E-state index in [4.69, 9.17) is 5.73 Å². The van der Waals surface area contributed by atoms with E-state index in [9.17, 15) is 18.0 Å². The van der Waals surface area contributed by atoms with Gasteiger partial charge in [0, 0.05) is 18.1 Å². The number of aromatic amines is 1.